The van der Waals surface area contributed by atoms with E-state index in [4.69, 9.17) is 21.1 Å². The van der Waals surface area contributed by atoms with Crippen molar-refractivity contribution < 1.29 is 14.3 Å². The summed E-state index contributed by atoms with van der Waals surface area (Å²) in [6.07, 6.45) is 1.53. The molecule has 5 nitrogen and oxygen atoms in total. The topological polar surface area (TPSA) is 71.3 Å². The monoisotopic (exact) mass is 432 g/mol. The van der Waals surface area contributed by atoms with Crippen LogP contribution in [0.25, 0.3) is 6.08 Å². The molecular weight excluding hydrogens is 412 g/mol. The number of benzene rings is 3. The first kappa shape index (κ1) is 21.9. The van der Waals surface area contributed by atoms with E-state index >= 15 is 0 Å². The van der Waals surface area contributed by atoms with Crippen LogP contribution in [0.4, 0.5) is 5.69 Å². The fraction of sp³-hybridized carbons (Fsp3) is 0.120. The average molecular weight is 433 g/mol. The highest BCUT2D eigenvalue weighted by Crippen LogP contribution is 2.20. The van der Waals surface area contributed by atoms with E-state index in [1.165, 1.54) is 6.08 Å². The van der Waals surface area contributed by atoms with Crippen molar-refractivity contribution in [2.24, 2.45) is 0 Å². The van der Waals surface area contributed by atoms with E-state index < -0.39 is 5.91 Å². The van der Waals surface area contributed by atoms with Crippen molar-refractivity contribution in [3.8, 4) is 17.6 Å². The summed E-state index contributed by atoms with van der Waals surface area (Å²) in [7, 11) is 0. The number of carbonyl (C=O) groups excluding carboxylic acids is 1. The number of rotatable bonds is 8. The fourth-order valence-corrected chi connectivity index (χ4v) is 2.94. The molecule has 0 heterocycles. The second-order valence-corrected chi connectivity index (χ2v) is 6.94. The van der Waals surface area contributed by atoms with E-state index in [-0.39, 0.29) is 5.57 Å². The summed E-state index contributed by atoms with van der Waals surface area (Å²) in [4.78, 5) is 12.4. The van der Waals surface area contributed by atoms with Gasteiger partial charge >= 0.3 is 0 Å². The highest BCUT2D eigenvalue weighted by Gasteiger charge is 2.10. The van der Waals surface area contributed by atoms with Crippen molar-refractivity contribution in [3.05, 3.63) is 94.5 Å². The first-order chi connectivity index (χ1) is 15.1. The Morgan fingerprint density at radius 2 is 1.65 bits per heavy atom. The van der Waals surface area contributed by atoms with Crippen LogP contribution in [0, 0.1) is 11.3 Å². The molecule has 31 heavy (non-hydrogen) atoms. The van der Waals surface area contributed by atoms with Crippen LogP contribution in [-0.2, 0) is 11.4 Å². The molecule has 3 rings (SSSR count). The first-order valence-electron chi connectivity index (χ1n) is 9.71. The SMILES string of the molecule is CCOc1ccc(NC(=O)/C(C#N)=C/c2ccc(OCc3ccccc3Cl)cc2)cc1. The van der Waals surface area contributed by atoms with Crippen LogP contribution in [0.2, 0.25) is 5.02 Å². The van der Waals surface area contributed by atoms with Gasteiger partial charge < -0.3 is 14.8 Å². The van der Waals surface area contributed by atoms with Gasteiger partial charge in [0.25, 0.3) is 5.91 Å². The molecule has 6 heteroatoms. The van der Waals surface area contributed by atoms with Crippen molar-refractivity contribution in [3.63, 3.8) is 0 Å². The second-order valence-electron chi connectivity index (χ2n) is 6.53. The van der Waals surface area contributed by atoms with Crippen molar-refractivity contribution in [1.29, 1.82) is 5.26 Å². The number of hydrogen-bond donors (Lipinski definition) is 1. The molecule has 0 bridgehead atoms. The molecule has 1 N–H and O–H groups in total. The number of nitrogens with one attached hydrogen (secondary N) is 1. The normalized spacial score (nSPS) is 10.8. The molecule has 156 valence electrons. The number of nitrogens with zero attached hydrogens (tertiary/aromatic N) is 1. The number of amides is 1. The van der Waals surface area contributed by atoms with Gasteiger partial charge in [-0.05, 0) is 61.0 Å². The number of hydrogen-bond acceptors (Lipinski definition) is 4. The zero-order valence-electron chi connectivity index (χ0n) is 17.0. The van der Waals surface area contributed by atoms with Gasteiger partial charge in [-0.3, -0.25) is 4.79 Å². The number of nitriles is 1. The third-order valence-electron chi connectivity index (χ3n) is 4.33. The zero-order chi connectivity index (χ0) is 22.1. The van der Waals surface area contributed by atoms with Crippen molar-refractivity contribution in [2.75, 3.05) is 11.9 Å². The van der Waals surface area contributed by atoms with Crippen LogP contribution in [0.5, 0.6) is 11.5 Å². The van der Waals surface area contributed by atoms with E-state index in [1.807, 2.05) is 37.3 Å². The van der Waals surface area contributed by atoms with Crippen LogP contribution in [0.3, 0.4) is 0 Å². The lowest BCUT2D eigenvalue weighted by Gasteiger charge is -2.08. The Kier molecular flexibility index (Phi) is 7.69. The molecule has 3 aromatic carbocycles. The van der Waals surface area contributed by atoms with Gasteiger partial charge in [0, 0.05) is 16.3 Å². The smallest absolute Gasteiger partial charge is 0.266 e. The van der Waals surface area contributed by atoms with Gasteiger partial charge in [0.05, 0.1) is 6.61 Å². The van der Waals surface area contributed by atoms with Crippen molar-refractivity contribution in [2.45, 2.75) is 13.5 Å². The minimum Gasteiger partial charge on any atom is -0.494 e. The molecule has 0 aliphatic rings. The number of ether oxygens (including phenoxy) is 2. The Hall–Kier alpha value is -3.75. The van der Waals surface area contributed by atoms with E-state index in [2.05, 4.69) is 5.32 Å². The van der Waals surface area contributed by atoms with Gasteiger partial charge in [-0.25, -0.2) is 0 Å². The highest BCUT2D eigenvalue weighted by atomic mass is 35.5. The van der Waals surface area contributed by atoms with Crippen LogP contribution >= 0.6 is 11.6 Å². The van der Waals surface area contributed by atoms with E-state index in [0.29, 0.717) is 41.0 Å². The average Bonchev–Trinajstić information content (AvgIpc) is 2.79. The van der Waals surface area contributed by atoms with E-state index in [9.17, 15) is 10.1 Å². The molecule has 0 unspecified atom stereocenters. The standard InChI is InChI=1S/C25H21ClN2O3/c1-2-30-22-13-9-21(10-14-22)28-25(29)20(16-27)15-18-7-11-23(12-8-18)31-17-19-5-3-4-6-24(19)26/h3-15H,2,17H2,1H3,(H,28,29)/b20-15+. The Morgan fingerprint density at radius 1 is 1.00 bits per heavy atom. The summed E-state index contributed by atoms with van der Waals surface area (Å²) in [5.74, 6) is 0.897. The molecule has 0 aliphatic carbocycles. The number of carbonyl (C=O) groups is 1. The lowest BCUT2D eigenvalue weighted by molar-refractivity contribution is -0.112. The van der Waals surface area contributed by atoms with E-state index in [1.54, 1.807) is 48.5 Å². The van der Waals surface area contributed by atoms with Crippen molar-refractivity contribution >= 4 is 29.3 Å². The third-order valence-corrected chi connectivity index (χ3v) is 4.70. The molecule has 0 fully saturated rings. The minimum atomic E-state index is -0.481. The fourth-order valence-electron chi connectivity index (χ4n) is 2.75. The summed E-state index contributed by atoms with van der Waals surface area (Å²) in [6.45, 7) is 2.82. The largest absolute Gasteiger partial charge is 0.494 e. The summed E-state index contributed by atoms with van der Waals surface area (Å²) in [5, 5.41) is 12.8. The highest BCUT2D eigenvalue weighted by molar-refractivity contribution is 6.31. The molecule has 0 aliphatic heterocycles. The lowest BCUT2D eigenvalue weighted by atomic mass is 10.1. The van der Waals surface area contributed by atoms with Gasteiger partial charge in [-0.2, -0.15) is 5.26 Å². The predicted octanol–water partition coefficient (Wildman–Crippen LogP) is 5.86. The molecule has 1 amide bonds. The summed E-state index contributed by atoms with van der Waals surface area (Å²) < 4.78 is 11.1. The molecule has 0 saturated heterocycles. The van der Waals surface area contributed by atoms with Gasteiger partial charge in [0.2, 0.25) is 0 Å². The minimum absolute atomic E-state index is 0.00128. The first-order valence-corrected chi connectivity index (χ1v) is 10.1. The summed E-state index contributed by atoms with van der Waals surface area (Å²) in [6, 6.07) is 23.5. The van der Waals surface area contributed by atoms with Crippen LogP contribution < -0.4 is 14.8 Å². The Labute approximate surface area is 186 Å². The predicted molar refractivity (Wildman–Crippen MR) is 122 cm³/mol. The van der Waals surface area contributed by atoms with Gasteiger partial charge in [-0.1, -0.05) is 41.9 Å². The Balaban J connectivity index is 1.62. The number of anilines is 1. The molecule has 3 aromatic rings. The molecule has 0 saturated carbocycles. The Bertz CT molecular complexity index is 1100. The van der Waals surface area contributed by atoms with Crippen LogP contribution in [0.15, 0.2) is 78.4 Å². The van der Waals surface area contributed by atoms with Gasteiger partial charge in [0.15, 0.2) is 0 Å². The molecule has 0 atom stereocenters. The maximum Gasteiger partial charge on any atom is 0.266 e. The molecule has 0 aromatic heterocycles. The van der Waals surface area contributed by atoms with Crippen LogP contribution in [-0.4, -0.2) is 12.5 Å². The summed E-state index contributed by atoms with van der Waals surface area (Å²) in [5.41, 5.74) is 2.19. The summed E-state index contributed by atoms with van der Waals surface area (Å²) >= 11 is 6.14. The van der Waals surface area contributed by atoms with E-state index in [0.717, 1.165) is 5.56 Å². The maximum absolute atomic E-state index is 12.4. The van der Waals surface area contributed by atoms with Crippen molar-refractivity contribution in [1.82, 2.24) is 0 Å². The third kappa shape index (κ3) is 6.36. The Morgan fingerprint density at radius 3 is 2.29 bits per heavy atom. The lowest BCUT2D eigenvalue weighted by Crippen LogP contribution is -2.13. The molecule has 0 spiro atoms. The number of halogens is 1. The maximum atomic E-state index is 12.4. The van der Waals surface area contributed by atoms with Gasteiger partial charge in [0.1, 0.15) is 29.7 Å². The molecular formula is C25H21ClN2O3. The quantitative estimate of drug-likeness (QED) is 0.357. The van der Waals surface area contributed by atoms with Crippen LogP contribution in [0.1, 0.15) is 18.1 Å². The molecule has 0 radical (unpaired) electrons. The zero-order valence-corrected chi connectivity index (χ0v) is 17.7. The second kappa shape index (κ2) is 10.9. The van der Waals surface area contributed by atoms with Gasteiger partial charge in [-0.15, -0.1) is 0 Å².